The number of carbonyl (C=O) groups excluding carboxylic acids is 2. The topological polar surface area (TPSA) is 108 Å². The second kappa shape index (κ2) is 23.4. The van der Waals surface area contributed by atoms with E-state index in [2.05, 4.69) is 11.4 Å². The highest BCUT2D eigenvalue weighted by molar-refractivity contribution is 7.47. The number of phosphoric acid groups is 1. The first-order chi connectivity index (χ1) is 16.8. The van der Waals surface area contributed by atoms with E-state index in [1.165, 1.54) is 77.0 Å². The van der Waals surface area contributed by atoms with Crippen molar-refractivity contribution in [1.82, 2.24) is 0 Å². The Balaban J connectivity index is 3.88. The molecule has 0 radical (unpaired) electrons. The van der Waals surface area contributed by atoms with Gasteiger partial charge in [-0.05, 0) is 13.3 Å². The van der Waals surface area contributed by atoms with Gasteiger partial charge in [-0.25, -0.2) is 4.57 Å². The first-order valence-electron chi connectivity index (χ1n) is 13.8. The van der Waals surface area contributed by atoms with Gasteiger partial charge in [0.2, 0.25) is 0 Å². The third-order valence-corrected chi connectivity index (χ3v) is 6.78. The van der Waals surface area contributed by atoms with Crippen LogP contribution in [0.1, 0.15) is 130 Å². The van der Waals surface area contributed by atoms with Gasteiger partial charge < -0.3 is 14.4 Å². The fraction of sp³-hybridized carbons (Fsp3) is 0.923. The number of rotatable bonds is 25. The molecule has 0 saturated heterocycles. The Kier molecular flexibility index (Phi) is 22.8. The summed E-state index contributed by atoms with van der Waals surface area (Å²) >= 11 is 0. The summed E-state index contributed by atoms with van der Waals surface area (Å²) in [5.74, 6) is -0.893. The zero-order valence-electron chi connectivity index (χ0n) is 22.5. The lowest BCUT2D eigenvalue weighted by Gasteiger charge is -2.19. The molecule has 0 aliphatic rings. The number of ether oxygens (including phenoxy) is 2. The second-order valence-electron chi connectivity index (χ2n) is 9.03. The molecule has 0 amide bonds. The van der Waals surface area contributed by atoms with Crippen LogP contribution < -0.4 is 0 Å². The normalized spacial score (nSPS) is 13.8. The maximum Gasteiger partial charge on any atom is 0.472 e. The molecule has 8 nitrogen and oxygen atoms in total. The minimum atomic E-state index is -4.23. The van der Waals surface area contributed by atoms with E-state index in [1.54, 1.807) is 13.8 Å². The maximum absolute atomic E-state index is 12.2. The smallest absolute Gasteiger partial charge is 0.462 e. The van der Waals surface area contributed by atoms with Crippen molar-refractivity contribution >= 4 is 19.8 Å². The van der Waals surface area contributed by atoms with E-state index in [4.69, 9.17) is 14.0 Å². The van der Waals surface area contributed by atoms with E-state index < -0.39 is 32.5 Å². The van der Waals surface area contributed by atoms with Crippen molar-refractivity contribution in [3.8, 4) is 0 Å². The molecule has 0 aliphatic heterocycles. The molecule has 9 heteroatoms. The quantitative estimate of drug-likeness (QED) is 0.0758. The largest absolute Gasteiger partial charge is 0.472 e. The summed E-state index contributed by atoms with van der Waals surface area (Å²) in [5.41, 5.74) is 0. The highest BCUT2D eigenvalue weighted by atomic mass is 31.2. The van der Waals surface area contributed by atoms with Crippen LogP contribution in [0.3, 0.4) is 0 Å². The molecule has 1 N–H and O–H groups in total. The molecular weight excluding hydrogens is 471 g/mol. The summed E-state index contributed by atoms with van der Waals surface area (Å²) in [6.45, 7) is 4.83. The van der Waals surface area contributed by atoms with Crippen molar-refractivity contribution in [3.63, 3.8) is 0 Å². The molecule has 0 aromatic heterocycles. The zero-order valence-corrected chi connectivity index (χ0v) is 23.4. The van der Waals surface area contributed by atoms with Gasteiger partial charge in [-0.15, -0.1) is 0 Å². The van der Waals surface area contributed by atoms with Crippen LogP contribution in [-0.2, 0) is 32.7 Å². The monoisotopic (exact) mass is 522 g/mol. The Labute approximate surface area is 213 Å². The second-order valence-corrected chi connectivity index (χ2v) is 10.5. The lowest BCUT2D eigenvalue weighted by atomic mass is 10.0. The highest BCUT2D eigenvalue weighted by Crippen LogP contribution is 2.43. The van der Waals surface area contributed by atoms with E-state index in [1.807, 2.05) is 0 Å². The van der Waals surface area contributed by atoms with Crippen molar-refractivity contribution in [2.75, 3.05) is 19.8 Å². The molecule has 0 bridgehead atoms. The lowest BCUT2D eigenvalue weighted by molar-refractivity contribution is -0.161. The molecule has 0 saturated carbocycles. The zero-order chi connectivity index (χ0) is 26.2. The van der Waals surface area contributed by atoms with E-state index in [9.17, 15) is 19.0 Å². The fourth-order valence-electron chi connectivity index (χ4n) is 3.67. The fourth-order valence-corrected chi connectivity index (χ4v) is 4.42. The third-order valence-electron chi connectivity index (χ3n) is 5.72. The van der Waals surface area contributed by atoms with Crippen molar-refractivity contribution < 1.29 is 37.6 Å². The predicted molar refractivity (Wildman–Crippen MR) is 138 cm³/mol. The van der Waals surface area contributed by atoms with Crippen molar-refractivity contribution in [3.05, 3.63) is 0 Å². The van der Waals surface area contributed by atoms with Crippen LogP contribution >= 0.6 is 7.82 Å². The Hall–Kier alpha value is -0.950. The molecule has 0 fully saturated rings. The van der Waals surface area contributed by atoms with Gasteiger partial charge in [-0.1, -0.05) is 104 Å². The maximum atomic E-state index is 12.2. The van der Waals surface area contributed by atoms with Crippen LogP contribution in [0.25, 0.3) is 0 Å². The molecule has 0 aromatic carbocycles. The van der Waals surface area contributed by atoms with Gasteiger partial charge in [-0.2, -0.15) is 0 Å². The standard InChI is InChI=1S/C26H51O8P/c1-4-7-8-9-10-11-12-13-14-15-16-17-18-19-20-21-26(28)34-24(22-31-25(27)5-2)23-33-35(29,30)32-6-3/h24H,4-23H2,1-3H3,(H,29,30). The van der Waals surface area contributed by atoms with Gasteiger partial charge in [0.05, 0.1) is 13.2 Å². The summed E-state index contributed by atoms with van der Waals surface area (Å²) in [5, 5.41) is 0. The van der Waals surface area contributed by atoms with Crippen LogP contribution in [0.2, 0.25) is 0 Å². The van der Waals surface area contributed by atoms with Gasteiger partial charge in [0.15, 0.2) is 6.10 Å². The number of hydrogen-bond acceptors (Lipinski definition) is 7. The molecule has 0 aliphatic carbocycles. The average molecular weight is 523 g/mol. The van der Waals surface area contributed by atoms with Crippen LogP contribution in [0.5, 0.6) is 0 Å². The molecule has 0 aromatic rings. The van der Waals surface area contributed by atoms with Gasteiger partial charge in [-0.3, -0.25) is 18.6 Å². The Morgan fingerprint density at radius 3 is 1.63 bits per heavy atom. The Morgan fingerprint density at radius 2 is 1.17 bits per heavy atom. The number of phosphoric ester groups is 1. The van der Waals surface area contributed by atoms with E-state index >= 15 is 0 Å². The highest BCUT2D eigenvalue weighted by Gasteiger charge is 2.25. The summed E-state index contributed by atoms with van der Waals surface area (Å²) in [6.07, 6.45) is 18.2. The molecule has 35 heavy (non-hydrogen) atoms. The van der Waals surface area contributed by atoms with Gasteiger partial charge in [0.1, 0.15) is 6.61 Å². The first kappa shape index (κ1) is 34.0. The van der Waals surface area contributed by atoms with Crippen LogP contribution in [0.4, 0.5) is 0 Å². The molecule has 0 rings (SSSR count). The number of hydrogen-bond donors (Lipinski definition) is 1. The Bertz CT molecular complexity index is 570. The molecule has 2 atom stereocenters. The van der Waals surface area contributed by atoms with E-state index in [0.29, 0.717) is 0 Å². The third kappa shape index (κ3) is 23.2. The average Bonchev–Trinajstić information content (AvgIpc) is 2.83. The van der Waals surface area contributed by atoms with Crippen molar-refractivity contribution in [2.45, 2.75) is 136 Å². The summed E-state index contributed by atoms with van der Waals surface area (Å²) in [6, 6.07) is 0. The SMILES string of the molecule is CCCCCCCCCCCCCCCCCC(=O)OC(COC(=O)CC)COP(=O)(O)OCC. The Morgan fingerprint density at radius 1 is 0.686 bits per heavy atom. The summed E-state index contributed by atoms with van der Waals surface area (Å²) in [7, 11) is -4.23. The number of esters is 2. The van der Waals surface area contributed by atoms with Crippen LogP contribution in [0.15, 0.2) is 0 Å². The first-order valence-corrected chi connectivity index (χ1v) is 15.3. The lowest BCUT2D eigenvalue weighted by Crippen LogP contribution is -2.29. The van der Waals surface area contributed by atoms with Crippen molar-refractivity contribution in [1.29, 1.82) is 0 Å². The van der Waals surface area contributed by atoms with E-state index in [0.717, 1.165) is 19.3 Å². The summed E-state index contributed by atoms with van der Waals surface area (Å²) in [4.78, 5) is 33.1. The molecule has 0 spiro atoms. The number of carbonyl (C=O) groups is 2. The van der Waals surface area contributed by atoms with Gasteiger partial charge >= 0.3 is 19.8 Å². The van der Waals surface area contributed by atoms with Gasteiger partial charge in [0.25, 0.3) is 0 Å². The van der Waals surface area contributed by atoms with E-state index in [-0.39, 0.29) is 26.1 Å². The minimum Gasteiger partial charge on any atom is -0.462 e. The van der Waals surface area contributed by atoms with Crippen LogP contribution in [-0.4, -0.2) is 42.8 Å². The predicted octanol–water partition coefficient (Wildman–Crippen LogP) is 7.27. The number of unbranched alkanes of at least 4 members (excludes halogenated alkanes) is 14. The van der Waals surface area contributed by atoms with Crippen molar-refractivity contribution in [2.24, 2.45) is 0 Å². The van der Waals surface area contributed by atoms with Crippen LogP contribution in [0, 0.1) is 0 Å². The molecule has 0 heterocycles. The van der Waals surface area contributed by atoms with Gasteiger partial charge in [0, 0.05) is 12.8 Å². The molecule has 2 unspecified atom stereocenters. The molecular formula is C26H51O8P. The summed E-state index contributed by atoms with van der Waals surface area (Å²) < 4.78 is 31.5. The minimum absolute atomic E-state index is 0.00223. The molecule has 208 valence electrons.